The van der Waals surface area contributed by atoms with Crippen molar-refractivity contribution in [3.8, 4) is 27.8 Å². The molecule has 11 nitrogen and oxygen atoms in total. The molecular weight excluding hydrogens is 402 g/mol. The second-order valence-electron chi connectivity index (χ2n) is 6.71. The summed E-state index contributed by atoms with van der Waals surface area (Å²) >= 11 is 1.53. The van der Waals surface area contributed by atoms with Crippen LogP contribution in [0.2, 0.25) is 0 Å². The molecule has 0 aromatic carbocycles. The summed E-state index contributed by atoms with van der Waals surface area (Å²) in [4.78, 5) is 16.1. The molecule has 0 saturated carbocycles. The van der Waals surface area contributed by atoms with Crippen molar-refractivity contribution < 1.29 is 0 Å². The zero-order valence-electron chi connectivity index (χ0n) is 15.8. The highest BCUT2D eigenvalue weighted by Crippen LogP contribution is 2.43. The number of aromatic amines is 2. The van der Waals surface area contributed by atoms with Crippen LogP contribution in [0.3, 0.4) is 0 Å². The Morgan fingerprint density at radius 1 is 1.17 bits per heavy atom. The third-order valence-corrected chi connectivity index (χ3v) is 5.89. The van der Waals surface area contributed by atoms with Crippen LogP contribution in [0.15, 0.2) is 42.7 Å². The van der Waals surface area contributed by atoms with Crippen LogP contribution < -0.4 is 4.90 Å². The van der Waals surface area contributed by atoms with E-state index in [1.807, 2.05) is 16.1 Å². The van der Waals surface area contributed by atoms with Gasteiger partial charge in [0.25, 0.3) is 0 Å². The minimum Gasteiger partial charge on any atom is -0.311 e. The van der Waals surface area contributed by atoms with Gasteiger partial charge in [-0.15, -0.1) is 21.5 Å². The maximum atomic E-state index is 4.95. The lowest BCUT2D eigenvalue weighted by molar-refractivity contribution is 0.590. The van der Waals surface area contributed by atoms with Gasteiger partial charge in [-0.2, -0.15) is 10.2 Å². The molecule has 6 rings (SSSR count). The predicted molar refractivity (Wildman–Crippen MR) is 109 cm³/mol. The molecule has 1 aliphatic heterocycles. The lowest BCUT2D eigenvalue weighted by Crippen LogP contribution is -2.32. The molecule has 0 bridgehead atoms. The lowest BCUT2D eigenvalue weighted by Gasteiger charge is -2.35. The minimum absolute atomic E-state index is 0.0388. The summed E-state index contributed by atoms with van der Waals surface area (Å²) in [6, 6.07) is -0.0388. The van der Waals surface area contributed by atoms with Crippen molar-refractivity contribution in [2.24, 2.45) is 0 Å². The summed E-state index contributed by atoms with van der Waals surface area (Å²) < 4.78 is 1.95. The van der Waals surface area contributed by atoms with Crippen molar-refractivity contribution in [1.29, 1.82) is 0 Å². The Kier molecular flexibility index (Phi) is 3.71. The first-order chi connectivity index (χ1) is 14.8. The van der Waals surface area contributed by atoms with E-state index in [0.717, 1.165) is 45.7 Å². The molecule has 0 fully saturated rings. The van der Waals surface area contributed by atoms with Gasteiger partial charge in [0, 0.05) is 17.8 Å². The topological polar surface area (TPSA) is 130 Å². The Balaban J connectivity index is 1.56. The van der Waals surface area contributed by atoms with Gasteiger partial charge in [0.2, 0.25) is 0 Å². The smallest absolute Gasteiger partial charge is 0.165 e. The number of anilines is 2. The van der Waals surface area contributed by atoms with Crippen LogP contribution in [0.1, 0.15) is 25.2 Å². The van der Waals surface area contributed by atoms with Crippen molar-refractivity contribution in [2.45, 2.75) is 19.4 Å². The zero-order valence-corrected chi connectivity index (χ0v) is 16.6. The van der Waals surface area contributed by atoms with Crippen LogP contribution in [0.5, 0.6) is 0 Å². The zero-order chi connectivity index (χ0) is 20.1. The van der Waals surface area contributed by atoms with Gasteiger partial charge < -0.3 is 4.90 Å². The quantitative estimate of drug-likeness (QED) is 0.456. The molecule has 1 aliphatic rings. The average molecular weight is 417 g/mol. The molecule has 0 aliphatic carbocycles. The molecule has 30 heavy (non-hydrogen) atoms. The van der Waals surface area contributed by atoms with E-state index in [2.05, 4.69) is 52.4 Å². The number of nitrogens with zero attached hydrogens (tertiary/aromatic N) is 9. The van der Waals surface area contributed by atoms with Gasteiger partial charge in [0.15, 0.2) is 17.5 Å². The molecule has 5 aromatic rings. The Morgan fingerprint density at radius 3 is 2.93 bits per heavy atom. The molecule has 2 N–H and O–H groups in total. The predicted octanol–water partition coefficient (Wildman–Crippen LogP) is 2.90. The van der Waals surface area contributed by atoms with Crippen molar-refractivity contribution in [2.75, 3.05) is 4.90 Å². The van der Waals surface area contributed by atoms with Gasteiger partial charge in [0.1, 0.15) is 22.7 Å². The number of thiazole rings is 1. The molecule has 0 saturated heterocycles. The summed E-state index contributed by atoms with van der Waals surface area (Å²) in [5.41, 5.74) is 3.30. The normalized spacial score (nSPS) is 15.2. The van der Waals surface area contributed by atoms with Gasteiger partial charge in [-0.25, -0.2) is 15.0 Å². The minimum atomic E-state index is -0.0388. The second-order valence-corrected chi connectivity index (χ2v) is 7.60. The van der Waals surface area contributed by atoms with E-state index in [1.165, 1.54) is 11.3 Å². The Bertz CT molecular complexity index is 1300. The van der Waals surface area contributed by atoms with Crippen molar-refractivity contribution >= 4 is 22.8 Å². The highest BCUT2D eigenvalue weighted by Gasteiger charge is 2.35. The van der Waals surface area contributed by atoms with E-state index >= 15 is 0 Å². The molecule has 1 atom stereocenters. The monoisotopic (exact) mass is 417 g/mol. The second kappa shape index (κ2) is 6.56. The largest absolute Gasteiger partial charge is 0.311 e. The van der Waals surface area contributed by atoms with Gasteiger partial charge in [-0.05, 0) is 6.42 Å². The fourth-order valence-electron chi connectivity index (χ4n) is 3.77. The summed E-state index contributed by atoms with van der Waals surface area (Å²) in [5.74, 6) is 2.16. The molecule has 5 aromatic heterocycles. The maximum absolute atomic E-state index is 4.95. The summed E-state index contributed by atoms with van der Waals surface area (Å²) in [6.07, 6.45) is 11.4. The number of rotatable bonds is 4. The number of H-pyrrole nitrogens is 2. The number of hydrogen-bond donors (Lipinski definition) is 2. The van der Waals surface area contributed by atoms with Crippen LogP contribution in [-0.4, -0.2) is 50.1 Å². The van der Waals surface area contributed by atoms with Crippen LogP contribution in [0, 0.1) is 0 Å². The highest BCUT2D eigenvalue weighted by molar-refractivity contribution is 7.13. The number of aromatic nitrogens is 10. The molecule has 0 spiro atoms. The Morgan fingerprint density at radius 2 is 2.13 bits per heavy atom. The SMILES string of the molecule is CC[C@H]1c2nncn2-c2cnc(-c3cn[nH]c3-c3nccs3)nc2N1c1cn[nH]c1. The fourth-order valence-corrected chi connectivity index (χ4v) is 4.42. The first-order valence-electron chi connectivity index (χ1n) is 9.34. The first-order valence-corrected chi connectivity index (χ1v) is 10.2. The van der Waals surface area contributed by atoms with Crippen molar-refractivity contribution in [1.82, 2.24) is 50.1 Å². The first kappa shape index (κ1) is 17.0. The molecule has 6 heterocycles. The van der Waals surface area contributed by atoms with E-state index in [1.54, 1.807) is 31.1 Å². The van der Waals surface area contributed by atoms with Crippen molar-refractivity contribution in [3.63, 3.8) is 0 Å². The molecule has 0 amide bonds. The van der Waals surface area contributed by atoms with E-state index in [-0.39, 0.29) is 6.04 Å². The lowest BCUT2D eigenvalue weighted by atomic mass is 10.1. The number of hydrogen-bond acceptors (Lipinski definition) is 9. The molecule has 148 valence electrons. The third kappa shape index (κ3) is 2.40. The van der Waals surface area contributed by atoms with Crippen molar-refractivity contribution in [3.05, 3.63) is 48.5 Å². The molecular formula is C18H15N11S. The Hall–Kier alpha value is -3.93. The van der Waals surface area contributed by atoms with E-state index in [4.69, 9.17) is 4.98 Å². The van der Waals surface area contributed by atoms with Gasteiger partial charge in [-0.3, -0.25) is 14.8 Å². The third-order valence-electron chi connectivity index (χ3n) is 5.10. The van der Waals surface area contributed by atoms with Crippen LogP contribution in [0.4, 0.5) is 11.5 Å². The van der Waals surface area contributed by atoms with Crippen LogP contribution in [0.25, 0.3) is 27.8 Å². The van der Waals surface area contributed by atoms with E-state index < -0.39 is 0 Å². The van der Waals surface area contributed by atoms with Gasteiger partial charge in [-0.1, -0.05) is 6.92 Å². The van der Waals surface area contributed by atoms with Gasteiger partial charge >= 0.3 is 0 Å². The number of nitrogens with one attached hydrogen (secondary N) is 2. The summed E-state index contributed by atoms with van der Waals surface area (Å²) in [7, 11) is 0. The number of fused-ring (bicyclic) bond motifs is 3. The molecule has 0 radical (unpaired) electrons. The highest BCUT2D eigenvalue weighted by atomic mass is 32.1. The van der Waals surface area contributed by atoms with Crippen LogP contribution in [-0.2, 0) is 0 Å². The van der Waals surface area contributed by atoms with E-state index in [0.29, 0.717) is 5.82 Å². The van der Waals surface area contributed by atoms with E-state index in [9.17, 15) is 0 Å². The molecule has 12 heteroatoms. The molecule has 0 unspecified atom stereocenters. The fraction of sp³-hybridized carbons (Fsp3) is 0.167. The maximum Gasteiger partial charge on any atom is 0.165 e. The summed E-state index contributed by atoms with van der Waals surface area (Å²) in [6.45, 7) is 2.11. The Labute approximate surface area is 173 Å². The standard InChI is InChI=1S/C18H15N11S/c1-2-12-17-27-24-9-28(17)13-8-20-15(25-16(13)29(12)10-5-21-22-6-10)11-7-23-26-14(11)18-19-3-4-30-18/h3-9,12H,2H2,1H3,(H,21,22)(H,23,26)/t12-/m0/s1. The summed E-state index contributed by atoms with van der Waals surface area (Å²) in [5, 5.41) is 25.5. The van der Waals surface area contributed by atoms with Gasteiger partial charge in [0.05, 0.1) is 35.9 Å². The van der Waals surface area contributed by atoms with Crippen LogP contribution >= 0.6 is 11.3 Å². The average Bonchev–Trinajstić information content (AvgIpc) is 3.57.